The normalized spacial score (nSPS) is 9.80. The van der Waals surface area contributed by atoms with Crippen LogP contribution in [-0.2, 0) is 4.79 Å². The number of amides is 2. The van der Waals surface area contributed by atoms with Crippen molar-refractivity contribution < 1.29 is 19.4 Å². The van der Waals surface area contributed by atoms with Crippen LogP contribution in [0.15, 0.2) is 41.1 Å². The number of hydrogen-bond donors (Lipinski definition) is 3. The number of carboxylic acids is 1. The number of carboxylic acid groups (broad SMARTS) is 1. The molecule has 0 saturated heterocycles. The van der Waals surface area contributed by atoms with Crippen LogP contribution >= 0.6 is 11.3 Å². The number of anilines is 2. The second-order valence-corrected chi connectivity index (χ2v) is 4.55. The van der Waals surface area contributed by atoms with Gasteiger partial charge in [0.25, 0.3) is 0 Å². The second kappa shape index (κ2) is 6.58. The van der Waals surface area contributed by atoms with E-state index in [1.165, 1.54) is 11.3 Å². The molecule has 0 bridgehead atoms. The summed E-state index contributed by atoms with van der Waals surface area (Å²) in [5, 5.41) is 17.5. The predicted octanol–water partition coefficient (Wildman–Crippen LogP) is 2.86. The zero-order valence-corrected chi connectivity index (χ0v) is 11.1. The molecular formula is C13H12N2O4S. The van der Waals surface area contributed by atoms with Gasteiger partial charge in [-0.15, -0.1) is 0 Å². The third-order valence-electron chi connectivity index (χ3n) is 2.27. The number of carbonyl (C=O) groups excluding carboxylic acids is 1. The number of urea groups is 1. The van der Waals surface area contributed by atoms with Crippen LogP contribution in [0.3, 0.4) is 0 Å². The lowest BCUT2D eigenvalue weighted by molar-refractivity contribution is -0.139. The first kappa shape index (κ1) is 13.9. The number of benzene rings is 1. The maximum atomic E-state index is 11.8. The first-order valence-corrected chi connectivity index (χ1v) is 6.63. The van der Waals surface area contributed by atoms with Crippen LogP contribution < -0.4 is 15.4 Å². The van der Waals surface area contributed by atoms with Crippen molar-refractivity contribution in [3.8, 4) is 5.75 Å². The van der Waals surface area contributed by atoms with E-state index in [4.69, 9.17) is 9.84 Å². The molecule has 0 fully saturated rings. The summed E-state index contributed by atoms with van der Waals surface area (Å²) >= 11 is 1.47. The van der Waals surface area contributed by atoms with Gasteiger partial charge in [-0.3, -0.25) is 0 Å². The minimum absolute atomic E-state index is 0.301. The molecule has 1 aromatic carbocycles. The van der Waals surface area contributed by atoms with Gasteiger partial charge in [0.15, 0.2) is 6.61 Å². The van der Waals surface area contributed by atoms with Crippen molar-refractivity contribution in [3.05, 3.63) is 41.1 Å². The van der Waals surface area contributed by atoms with Crippen LogP contribution in [-0.4, -0.2) is 23.7 Å². The standard InChI is InChI=1S/C13H12N2O4S/c16-12(17)7-19-11-4-2-1-3-10(11)15-13(18)14-9-5-6-20-8-9/h1-6,8H,7H2,(H,16,17)(H2,14,15,18). The lowest BCUT2D eigenvalue weighted by atomic mass is 10.3. The molecule has 0 aliphatic carbocycles. The Hall–Kier alpha value is -2.54. The summed E-state index contributed by atoms with van der Waals surface area (Å²) in [6, 6.07) is 7.98. The summed E-state index contributed by atoms with van der Waals surface area (Å²) in [6.07, 6.45) is 0. The quantitative estimate of drug-likeness (QED) is 0.790. The van der Waals surface area contributed by atoms with Crippen LogP contribution in [0, 0.1) is 0 Å². The molecule has 0 aliphatic rings. The highest BCUT2D eigenvalue weighted by atomic mass is 32.1. The minimum atomic E-state index is -1.08. The number of rotatable bonds is 5. The highest BCUT2D eigenvalue weighted by Crippen LogP contribution is 2.24. The summed E-state index contributed by atoms with van der Waals surface area (Å²) in [4.78, 5) is 22.3. The predicted molar refractivity (Wildman–Crippen MR) is 76.5 cm³/mol. The summed E-state index contributed by atoms with van der Waals surface area (Å²) in [5.41, 5.74) is 1.10. The average Bonchev–Trinajstić information content (AvgIpc) is 2.90. The van der Waals surface area contributed by atoms with Crippen LogP contribution in [0.4, 0.5) is 16.2 Å². The summed E-state index contributed by atoms with van der Waals surface area (Å²) in [6.45, 7) is -0.467. The minimum Gasteiger partial charge on any atom is -0.480 e. The fraction of sp³-hybridized carbons (Fsp3) is 0.0769. The van der Waals surface area contributed by atoms with Crippen molar-refractivity contribution in [1.29, 1.82) is 0 Å². The molecule has 0 saturated carbocycles. The number of nitrogens with one attached hydrogen (secondary N) is 2. The fourth-order valence-corrected chi connectivity index (χ4v) is 2.04. The smallest absolute Gasteiger partial charge is 0.341 e. The van der Waals surface area contributed by atoms with E-state index < -0.39 is 18.6 Å². The van der Waals surface area contributed by atoms with Crippen molar-refractivity contribution in [3.63, 3.8) is 0 Å². The third kappa shape index (κ3) is 3.99. The van der Waals surface area contributed by atoms with Gasteiger partial charge in [0.05, 0.1) is 11.4 Å². The van der Waals surface area contributed by atoms with E-state index in [1.54, 1.807) is 35.7 Å². The van der Waals surface area contributed by atoms with Gasteiger partial charge in [-0.2, -0.15) is 11.3 Å². The van der Waals surface area contributed by atoms with Gasteiger partial charge >= 0.3 is 12.0 Å². The van der Waals surface area contributed by atoms with Gasteiger partial charge in [-0.05, 0) is 23.6 Å². The molecule has 0 aliphatic heterocycles. The Bertz CT molecular complexity index is 598. The van der Waals surface area contributed by atoms with E-state index in [9.17, 15) is 9.59 Å². The van der Waals surface area contributed by atoms with Crippen molar-refractivity contribution in [2.45, 2.75) is 0 Å². The molecule has 1 aromatic heterocycles. The molecule has 2 amide bonds. The molecule has 0 unspecified atom stereocenters. The Morgan fingerprint density at radius 1 is 1.20 bits per heavy atom. The number of thiophene rings is 1. The Balaban J connectivity index is 2.01. The van der Waals surface area contributed by atoms with Gasteiger partial charge in [0.1, 0.15) is 5.75 Å². The fourth-order valence-electron chi connectivity index (χ4n) is 1.46. The van der Waals surface area contributed by atoms with Gasteiger partial charge in [-0.25, -0.2) is 9.59 Å². The molecule has 6 nitrogen and oxygen atoms in total. The Morgan fingerprint density at radius 3 is 2.70 bits per heavy atom. The number of ether oxygens (including phenoxy) is 1. The number of aliphatic carboxylic acids is 1. The molecule has 0 spiro atoms. The molecule has 0 atom stereocenters. The maximum absolute atomic E-state index is 11.8. The van der Waals surface area contributed by atoms with Crippen LogP contribution in [0.1, 0.15) is 0 Å². The van der Waals surface area contributed by atoms with E-state index in [-0.39, 0.29) is 0 Å². The maximum Gasteiger partial charge on any atom is 0.341 e. The average molecular weight is 292 g/mol. The van der Waals surface area contributed by atoms with E-state index in [2.05, 4.69) is 10.6 Å². The first-order chi connectivity index (χ1) is 9.65. The highest BCUT2D eigenvalue weighted by molar-refractivity contribution is 7.08. The largest absolute Gasteiger partial charge is 0.480 e. The van der Waals surface area contributed by atoms with Crippen molar-refractivity contribution in [1.82, 2.24) is 0 Å². The monoisotopic (exact) mass is 292 g/mol. The molecule has 1 heterocycles. The Labute approximate surface area is 119 Å². The highest BCUT2D eigenvalue weighted by Gasteiger charge is 2.09. The zero-order valence-electron chi connectivity index (χ0n) is 10.3. The van der Waals surface area contributed by atoms with Crippen molar-refractivity contribution in [2.75, 3.05) is 17.2 Å². The Kier molecular flexibility index (Phi) is 4.56. The molecule has 2 rings (SSSR count). The molecule has 3 N–H and O–H groups in total. The molecule has 20 heavy (non-hydrogen) atoms. The summed E-state index contributed by atoms with van der Waals surface area (Å²) in [7, 11) is 0. The number of para-hydroxylation sites is 2. The van der Waals surface area contributed by atoms with Crippen LogP contribution in [0.2, 0.25) is 0 Å². The SMILES string of the molecule is O=C(O)COc1ccccc1NC(=O)Nc1ccsc1. The molecule has 2 aromatic rings. The van der Waals surface area contributed by atoms with E-state index in [1.807, 2.05) is 5.38 Å². The van der Waals surface area contributed by atoms with E-state index in [0.717, 1.165) is 0 Å². The molecule has 104 valence electrons. The van der Waals surface area contributed by atoms with Crippen molar-refractivity contribution >= 4 is 34.7 Å². The Morgan fingerprint density at radius 2 is 2.00 bits per heavy atom. The second-order valence-electron chi connectivity index (χ2n) is 3.77. The van der Waals surface area contributed by atoms with Crippen molar-refractivity contribution in [2.24, 2.45) is 0 Å². The summed E-state index contributed by atoms with van der Waals surface area (Å²) in [5.74, 6) is -0.780. The zero-order chi connectivity index (χ0) is 14.4. The van der Waals surface area contributed by atoms with Crippen LogP contribution in [0.5, 0.6) is 5.75 Å². The molecule has 0 radical (unpaired) electrons. The summed E-state index contributed by atoms with van der Waals surface area (Å²) < 4.78 is 5.09. The van der Waals surface area contributed by atoms with E-state index >= 15 is 0 Å². The molecule has 7 heteroatoms. The lowest BCUT2D eigenvalue weighted by Crippen LogP contribution is -2.20. The third-order valence-corrected chi connectivity index (χ3v) is 2.95. The van der Waals surface area contributed by atoms with Gasteiger partial charge in [-0.1, -0.05) is 12.1 Å². The van der Waals surface area contributed by atoms with E-state index in [0.29, 0.717) is 17.1 Å². The van der Waals surface area contributed by atoms with Gasteiger partial charge < -0.3 is 20.5 Å². The number of hydrogen-bond acceptors (Lipinski definition) is 4. The molecular weight excluding hydrogens is 280 g/mol. The van der Waals surface area contributed by atoms with Crippen LogP contribution in [0.25, 0.3) is 0 Å². The topological polar surface area (TPSA) is 87.7 Å². The first-order valence-electron chi connectivity index (χ1n) is 5.69. The van der Waals surface area contributed by atoms with Gasteiger partial charge in [0, 0.05) is 5.38 Å². The van der Waals surface area contributed by atoms with Gasteiger partial charge in [0.2, 0.25) is 0 Å². The lowest BCUT2D eigenvalue weighted by Gasteiger charge is -2.11. The number of carbonyl (C=O) groups is 2.